The summed E-state index contributed by atoms with van der Waals surface area (Å²) < 4.78 is 10.7. The zero-order chi connectivity index (χ0) is 29.9. The van der Waals surface area contributed by atoms with Crippen molar-refractivity contribution in [2.45, 2.75) is 51.9 Å². The van der Waals surface area contributed by atoms with Crippen LogP contribution in [0.1, 0.15) is 43.4 Å². The number of ketones is 1. The molecule has 2 aromatic carbocycles. The lowest BCUT2D eigenvalue weighted by molar-refractivity contribution is -0.137. The second kappa shape index (κ2) is 14.4. The third-order valence-corrected chi connectivity index (χ3v) is 5.97. The Morgan fingerprint density at radius 1 is 0.878 bits per heavy atom. The number of benzene rings is 2. The number of Topliss-reactive ketones (excluding diaryl/α,β-unsaturated/α-hetero) is 1. The van der Waals surface area contributed by atoms with E-state index in [0.29, 0.717) is 11.3 Å². The number of carboxylic acid groups (broad SMARTS) is 1. The van der Waals surface area contributed by atoms with Gasteiger partial charge in [-0.15, -0.1) is 0 Å². The molecule has 3 aromatic rings. The SMILES string of the molecule is CC(NC(=O)C(NC(=O)OCc1ccccc1)C(C)C)C(=O)NC(CC(=O)O)C(=O)c1ncc(-c2ccccc2)o1. The number of alkyl carbamates (subject to hydrolysis) is 1. The fraction of sp³-hybridized carbons (Fsp3) is 0.310. The minimum Gasteiger partial charge on any atom is -0.481 e. The molecule has 12 heteroatoms. The third kappa shape index (κ3) is 9.02. The van der Waals surface area contributed by atoms with Gasteiger partial charge in [-0.1, -0.05) is 74.5 Å². The van der Waals surface area contributed by atoms with Gasteiger partial charge in [-0.3, -0.25) is 19.2 Å². The minimum absolute atomic E-state index is 0.00821. The Balaban J connectivity index is 1.61. The number of oxazole rings is 1. The molecule has 0 spiro atoms. The summed E-state index contributed by atoms with van der Waals surface area (Å²) in [6, 6.07) is 14.1. The number of aliphatic carboxylic acids is 1. The zero-order valence-electron chi connectivity index (χ0n) is 22.8. The Hall–Kier alpha value is -5.00. The summed E-state index contributed by atoms with van der Waals surface area (Å²) in [5.74, 6) is -4.10. The summed E-state index contributed by atoms with van der Waals surface area (Å²) in [7, 11) is 0. The number of ether oxygens (including phenoxy) is 1. The highest BCUT2D eigenvalue weighted by molar-refractivity contribution is 6.01. The summed E-state index contributed by atoms with van der Waals surface area (Å²) in [5.41, 5.74) is 1.43. The van der Waals surface area contributed by atoms with E-state index in [1.807, 2.05) is 6.07 Å². The van der Waals surface area contributed by atoms with Crippen LogP contribution in [0.3, 0.4) is 0 Å². The quantitative estimate of drug-likeness (QED) is 0.227. The second-order valence-electron chi connectivity index (χ2n) is 9.58. The van der Waals surface area contributed by atoms with E-state index in [2.05, 4.69) is 20.9 Å². The fourth-order valence-corrected chi connectivity index (χ4v) is 3.75. The van der Waals surface area contributed by atoms with E-state index in [1.165, 1.54) is 13.1 Å². The Kier molecular flexibility index (Phi) is 10.7. The smallest absolute Gasteiger partial charge is 0.408 e. The van der Waals surface area contributed by atoms with Gasteiger partial charge in [0.05, 0.1) is 12.6 Å². The van der Waals surface area contributed by atoms with E-state index in [1.54, 1.807) is 68.4 Å². The maximum atomic E-state index is 13.0. The molecule has 3 amide bonds. The number of hydrogen-bond donors (Lipinski definition) is 4. The molecule has 41 heavy (non-hydrogen) atoms. The van der Waals surface area contributed by atoms with E-state index in [-0.39, 0.29) is 18.4 Å². The van der Waals surface area contributed by atoms with E-state index in [4.69, 9.17) is 9.15 Å². The van der Waals surface area contributed by atoms with Gasteiger partial charge in [0.1, 0.15) is 24.7 Å². The first-order valence-corrected chi connectivity index (χ1v) is 12.9. The molecule has 1 heterocycles. The number of amides is 3. The van der Waals surface area contributed by atoms with Crippen LogP contribution in [0, 0.1) is 5.92 Å². The fourth-order valence-electron chi connectivity index (χ4n) is 3.75. The molecule has 216 valence electrons. The van der Waals surface area contributed by atoms with Crippen LogP contribution >= 0.6 is 0 Å². The van der Waals surface area contributed by atoms with Gasteiger partial charge in [-0.2, -0.15) is 0 Å². The van der Waals surface area contributed by atoms with Crippen molar-refractivity contribution >= 4 is 29.7 Å². The molecule has 0 saturated carbocycles. The van der Waals surface area contributed by atoms with Gasteiger partial charge in [0.15, 0.2) is 5.76 Å². The molecular weight excluding hydrogens is 532 g/mol. The van der Waals surface area contributed by atoms with Gasteiger partial charge in [-0.25, -0.2) is 9.78 Å². The standard InChI is InChI=1S/C29H32N4O8/c1-17(2)24(33-29(39)40-16-19-10-6-4-7-11-19)27(38)31-18(3)26(37)32-21(14-23(34)35)25(36)28-30-15-22(41-28)20-12-8-5-9-13-20/h4-13,15,17-18,21,24H,14,16H2,1-3H3,(H,31,38)(H,32,37)(H,33,39)(H,34,35). The number of nitrogens with zero attached hydrogens (tertiary/aromatic N) is 1. The van der Waals surface area contributed by atoms with Gasteiger partial charge in [0, 0.05) is 5.56 Å². The Labute approximate surface area is 236 Å². The van der Waals surface area contributed by atoms with Crippen molar-refractivity contribution in [2.75, 3.05) is 0 Å². The molecule has 0 bridgehead atoms. The summed E-state index contributed by atoms with van der Waals surface area (Å²) in [5, 5.41) is 16.6. The van der Waals surface area contributed by atoms with Crippen molar-refractivity contribution in [1.82, 2.24) is 20.9 Å². The van der Waals surface area contributed by atoms with Crippen LogP contribution in [0.15, 0.2) is 71.3 Å². The summed E-state index contributed by atoms with van der Waals surface area (Å²) in [6.45, 7) is 4.77. The average Bonchev–Trinajstić information content (AvgIpc) is 3.45. The molecule has 0 aliphatic heterocycles. The lowest BCUT2D eigenvalue weighted by Gasteiger charge is -2.24. The number of carboxylic acids is 1. The zero-order valence-corrected chi connectivity index (χ0v) is 22.8. The van der Waals surface area contributed by atoms with Crippen molar-refractivity contribution in [1.29, 1.82) is 0 Å². The number of nitrogens with one attached hydrogen (secondary N) is 3. The normalized spacial score (nSPS) is 13.0. The molecule has 0 radical (unpaired) electrons. The van der Waals surface area contributed by atoms with Crippen LogP contribution in [0.5, 0.6) is 0 Å². The molecule has 0 fully saturated rings. The van der Waals surface area contributed by atoms with Crippen molar-refractivity contribution in [2.24, 2.45) is 5.92 Å². The van der Waals surface area contributed by atoms with Crippen LogP contribution in [0.4, 0.5) is 4.79 Å². The van der Waals surface area contributed by atoms with E-state index in [0.717, 1.165) is 5.56 Å². The largest absolute Gasteiger partial charge is 0.481 e. The van der Waals surface area contributed by atoms with Crippen molar-refractivity contribution in [3.8, 4) is 11.3 Å². The van der Waals surface area contributed by atoms with E-state index in [9.17, 15) is 29.1 Å². The molecule has 0 saturated heterocycles. The van der Waals surface area contributed by atoms with Crippen LogP contribution in [-0.4, -0.2) is 57.9 Å². The molecule has 1 aromatic heterocycles. The van der Waals surface area contributed by atoms with Crippen molar-refractivity contribution in [3.05, 3.63) is 78.3 Å². The highest BCUT2D eigenvalue weighted by Crippen LogP contribution is 2.20. The molecule has 0 aliphatic rings. The average molecular weight is 565 g/mol. The Morgan fingerprint density at radius 3 is 2.12 bits per heavy atom. The predicted molar refractivity (Wildman–Crippen MR) is 146 cm³/mol. The van der Waals surface area contributed by atoms with Gasteiger partial charge >= 0.3 is 12.1 Å². The maximum Gasteiger partial charge on any atom is 0.408 e. The number of rotatable bonds is 13. The van der Waals surface area contributed by atoms with Crippen LogP contribution in [0.25, 0.3) is 11.3 Å². The van der Waals surface area contributed by atoms with E-state index >= 15 is 0 Å². The Bertz CT molecular complexity index is 1360. The summed E-state index contributed by atoms with van der Waals surface area (Å²) in [6.07, 6.45) is -0.222. The van der Waals surface area contributed by atoms with E-state index < -0.39 is 54.2 Å². The molecule has 3 unspecified atom stereocenters. The van der Waals surface area contributed by atoms with Gasteiger partial charge < -0.3 is 30.2 Å². The van der Waals surface area contributed by atoms with Gasteiger partial charge in [-0.05, 0) is 18.4 Å². The number of aromatic nitrogens is 1. The van der Waals surface area contributed by atoms with Crippen molar-refractivity contribution in [3.63, 3.8) is 0 Å². The first kappa shape index (κ1) is 30.5. The minimum atomic E-state index is -1.51. The van der Waals surface area contributed by atoms with Crippen molar-refractivity contribution < 1.29 is 38.2 Å². The second-order valence-corrected chi connectivity index (χ2v) is 9.58. The van der Waals surface area contributed by atoms with Crippen LogP contribution in [-0.2, 0) is 25.7 Å². The lowest BCUT2D eigenvalue weighted by atomic mass is 10.0. The Morgan fingerprint density at radius 2 is 1.51 bits per heavy atom. The summed E-state index contributed by atoms with van der Waals surface area (Å²) in [4.78, 5) is 66.5. The monoisotopic (exact) mass is 564 g/mol. The first-order valence-electron chi connectivity index (χ1n) is 12.9. The molecule has 0 aliphatic carbocycles. The molecule has 3 rings (SSSR count). The van der Waals surface area contributed by atoms with Gasteiger partial charge in [0.25, 0.3) is 5.89 Å². The van der Waals surface area contributed by atoms with Crippen LogP contribution in [0.2, 0.25) is 0 Å². The lowest BCUT2D eigenvalue weighted by Crippen LogP contribution is -2.56. The number of hydrogen-bond acceptors (Lipinski definition) is 8. The number of carbonyl (C=O) groups excluding carboxylic acids is 4. The molecule has 12 nitrogen and oxygen atoms in total. The molecule has 3 atom stereocenters. The topological polar surface area (TPSA) is 177 Å². The molecule has 4 N–H and O–H groups in total. The third-order valence-electron chi connectivity index (χ3n) is 5.97. The highest BCUT2D eigenvalue weighted by atomic mass is 16.5. The summed E-state index contributed by atoms with van der Waals surface area (Å²) >= 11 is 0. The van der Waals surface area contributed by atoms with Crippen LogP contribution < -0.4 is 16.0 Å². The van der Waals surface area contributed by atoms with Gasteiger partial charge in [0.2, 0.25) is 17.6 Å². The first-order chi connectivity index (χ1) is 19.5. The predicted octanol–water partition coefficient (Wildman–Crippen LogP) is 2.94. The molecular formula is C29H32N4O8. The maximum absolute atomic E-state index is 13.0. The number of carbonyl (C=O) groups is 5. The highest BCUT2D eigenvalue weighted by Gasteiger charge is 2.32.